The number of phosphoric acid groups is 2. The first-order valence-corrected chi connectivity index (χ1v) is 43.8. The number of carbonyl (C=O) groups is 4. The van der Waals surface area contributed by atoms with Gasteiger partial charge in [-0.05, 0) is 43.4 Å². The van der Waals surface area contributed by atoms with Gasteiger partial charge in [-0.25, -0.2) is 9.13 Å². The van der Waals surface area contributed by atoms with E-state index < -0.39 is 97.5 Å². The molecule has 0 aromatic heterocycles. The molecule has 0 aliphatic rings. The first-order valence-electron chi connectivity index (χ1n) is 40.8. The molecule has 0 radical (unpaired) electrons. The quantitative estimate of drug-likeness (QED) is 0.0222. The molecule has 17 nitrogen and oxygen atoms in total. The molecule has 0 rings (SSSR count). The Morgan fingerprint density at radius 2 is 0.469 bits per heavy atom. The number of esters is 4. The van der Waals surface area contributed by atoms with E-state index in [4.69, 9.17) is 37.0 Å². The molecule has 0 fully saturated rings. The molecule has 0 saturated carbocycles. The maximum atomic E-state index is 13.1. The van der Waals surface area contributed by atoms with Gasteiger partial charge in [0.15, 0.2) is 12.2 Å². The highest BCUT2D eigenvalue weighted by Crippen LogP contribution is 2.45. The number of aliphatic hydroxyl groups excluding tert-OH is 1. The van der Waals surface area contributed by atoms with Crippen LogP contribution in [0.25, 0.3) is 0 Å². The van der Waals surface area contributed by atoms with Gasteiger partial charge in [0.1, 0.15) is 19.3 Å². The number of rotatable bonds is 77. The number of phosphoric ester groups is 2. The first-order chi connectivity index (χ1) is 47.2. The number of ether oxygens (including phenoxy) is 4. The minimum absolute atomic E-state index is 0.103. The molecule has 0 aromatic carbocycles. The predicted molar refractivity (Wildman–Crippen MR) is 400 cm³/mol. The van der Waals surface area contributed by atoms with E-state index in [-0.39, 0.29) is 25.7 Å². The number of aliphatic hydroxyl groups is 1. The van der Waals surface area contributed by atoms with Crippen molar-refractivity contribution in [2.75, 3.05) is 39.6 Å². The Hall–Kier alpha value is -1.94. The lowest BCUT2D eigenvalue weighted by Gasteiger charge is -2.21. The summed E-state index contributed by atoms with van der Waals surface area (Å²) < 4.78 is 68.6. The van der Waals surface area contributed by atoms with Crippen LogP contribution in [0.2, 0.25) is 0 Å². The minimum atomic E-state index is -4.96. The highest BCUT2D eigenvalue weighted by atomic mass is 31.2. The van der Waals surface area contributed by atoms with Crippen molar-refractivity contribution in [1.29, 1.82) is 0 Å². The third-order valence-corrected chi connectivity index (χ3v) is 20.3. The summed E-state index contributed by atoms with van der Waals surface area (Å²) in [4.78, 5) is 72.8. The van der Waals surface area contributed by atoms with E-state index in [0.29, 0.717) is 31.6 Å². The Balaban J connectivity index is 5.20. The van der Waals surface area contributed by atoms with Gasteiger partial charge in [0.05, 0.1) is 26.4 Å². The van der Waals surface area contributed by atoms with Gasteiger partial charge >= 0.3 is 39.5 Å². The third kappa shape index (κ3) is 72.4. The fraction of sp³-hybridized carbons (Fsp3) is 0.949. The molecule has 0 aromatic rings. The Morgan fingerprint density at radius 1 is 0.276 bits per heavy atom. The van der Waals surface area contributed by atoms with E-state index >= 15 is 0 Å². The maximum Gasteiger partial charge on any atom is 0.472 e. The standard InChI is InChI=1S/C79H154O17P2/c1-8-9-10-11-12-13-14-15-16-17-18-19-20-21-22-27-30-33-39-48-55-62-78(83)95-74(66-89-76(81)60-53-46-38-32-29-26-24-23-25-28-31-36-43-50-57-70(2)3)68-93-97(85,86)91-64-73(80)65-92-98(87,88)94-69-75(67-90-77(82)61-54-47-42-41-45-52-59-72(6)7)96-79(84)63-56-49-40-35-34-37-44-51-58-71(4)5/h70-75,80H,8-69H2,1-7H3,(H,85,86)(H,87,88)/t73-,74-,75-/m1/s1. The van der Waals surface area contributed by atoms with Crippen LogP contribution in [-0.2, 0) is 65.4 Å². The summed E-state index contributed by atoms with van der Waals surface area (Å²) in [6.45, 7) is 11.8. The van der Waals surface area contributed by atoms with Gasteiger partial charge in [0.2, 0.25) is 0 Å². The summed E-state index contributed by atoms with van der Waals surface area (Å²) in [5.74, 6) is 0.0776. The average molecular weight is 1440 g/mol. The molecule has 2 unspecified atom stereocenters. The Morgan fingerprint density at radius 3 is 0.694 bits per heavy atom. The van der Waals surface area contributed by atoms with E-state index in [9.17, 15) is 43.2 Å². The van der Waals surface area contributed by atoms with E-state index in [2.05, 4.69) is 48.5 Å². The van der Waals surface area contributed by atoms with E-state index in [0.717, 1.165) is 108 Å². The topological polar surface area (TPSA) is 237 Å². The lowest BCUT2D eigenvalue weighted by atomic mass is 10.0. The van der Waals surface area contributed by atoms with Gasteiger partial charge in [0, 0.05) is 25.7 Å². The van der Waals surface area contributed by atoms with Gasteiger partial charge in [-0.15, -0.1) is 0 Å². The third-order valence-electron chi connectivity index (χ3n) is 18.4. The molecule has 5 atom stereocenters. The van der Waals surface area contributed by atoms with Crippen molar-refractivity contribution in [1.82, 2.24) is 0 Å². The molecule has 0 saturated heterocycles. The van der Waals surface area contributed by atoms with Crippen LogP contribution in [0.1, 0.15) is 408 Å². The van der Waals surface area contributed by atoms with Gasteiger partial charge < -0.3 is 33.8 Å². The molecule has 98 heavy (non-hydrogen) atoms. The second kappa shape index (κ2) is 69.4. The van der Waals surface area contributed by atoms with Gasteiger partial charge in [-0.2, -0.15) is 0 Å². The van der Waals surface area contributed by atoms with Gasteiger partial charge in [0.25, 0.3) is 0 Å². The van der Waals surface area contributed by atoms with Crippen LogP contribution in [0.4, 0.5) is 0 Å². The lowest BCUT2D eigenvalue weighted by molar-refractivity contribution is -0.161. The molecule has 0 aliphatic heterocycles. The fourth-order valence-electron chi connectivity index (χ4n) is 12.1. The molecular weight excluding hydrogens is 1280 g/mol. The average Bonchev–Trinajstić information content (AvgIpc) is 0.998. The molecule has 0 spiro atoms. The summed E-state index contributed by atoms with van der Waals surface area (Å²) in [7, 11) is -9.91. The molecule has 0 aliphatic carbocycles. The maximum absolute atomic E-state index is 13.1. The monoisotopic (exact) mass is 1440 g/mol. The number of carbonyl (C=O) groups excluding carboxylic acids is 4. The smallest absolute Gasteiger partial charge is 0.462 e. The lowest BCUT2D eigenvalue weighted by Crippen LogP contribution is -2.30. The summed E-state index contributed by atoms with van der Waals surface area (Å²) in [5, 5.41) is 10.6. The van der Waals surface area contributed by atoms with Crippen molar-refractivity contribution in [3.05, 3.63) is 0 Å². The first kappa shape index (κ1) is 96.1. The SMILES string of the molecule is CCCCCCCCCCCCCCCCCCCCCCCC(=O)O[C@H](COC(=O)CCCCCCCCCCCCCCCCC(C)C)COP(=O)(O)OC[C@@H](O)COP(=O)(O)OC[C@@H](COC(=O)CCCCCCCCC(C)C)OC(=O)CCCCCCCCCCC(C)C. The zero-order valence-electron chi connectivity index (χ0n) is 64.3. The second-order valence-corrected chi connectivity index (χ2v) is 32.8. The van der Waals surface area contributed by atoms with Crippen molar-refractivity contribution in [2.45, 2.75) is 426 Å². The van der Waals surface area contributed by atoms with Crippen LogP contribution >= 0.6 is 15.6 Å². The number of unbranched alkanes of at least 4 members (excludes halogenated alkanes) is 45. The highest BCUT2D eigenvalue weighted by Gasteiger charge is 2.30. The number of hydrogen-bond donors (Lipinski definition) is 3. The van der Waals surface area contributed by atoms with Crippen molar-refractivity contribution >= 4 is 39.5 Å². The normalized spacial score (nSPS) is 14.0. The Bertz CT molecular complexity index is 1900. The molecular formula is C79H154O17P2. The van der Waals surface area contributed by atoms with Crippen molar-refractivity contribution in [3.63, 3.8) is 0 Å². The Labute approximate surface area is 600 Å². The van der Waals surface area contributed by atoms with Crippen molar-refractivity contribution < 1.29 is 80.2 Å². The molecule has 582 valence electrons. The van der Waals surface area contributed by atoms with Crippen LogP contribution < -0.4 is 0 Å². The van der Waals surface area contributed by atoms with Crippen LogP contribution in [-0.4, -0.2) is 96.7 Å². The van der Waals surface area contributed by atoms with E-state index in [1.807, 2.05) is 0 Å². The molecule has 3 N–H and O–H groups in total. The van der Waals surface area contributed by atoms with E-state index in [1.165, 1.54) is 212 Å². The molecule has 0 heterocycles. The molecule has 0 amide bonds. The summed E-state index contributed by atoms with van der Waals surface area (Å²) in [6.07, 6.45) is 57.3. The zero-order valence-corrected chi connectivity index (χ0v) is 66.0. The largest absolute Gasteiger partial charge is 0.472 e. The fourth-order valence-corrected chi connectivity index (χ4v) is 13.7. The van der Waals surface area contributed by atoms with Crippen molar-refractivity contribution in [3.8, 4) is 0 Å². The Kier molecular flexibility index (Phi) is 68.1. The predicted octanol–water partition coefficient (Wildman–Crippen LogP) is 23.4. The highest BCUT2D eigenvalue weighted by molar-refractivity contribution is 7.47. The van der Waals surface area contributed by atoms with Gasteiger partial charge in [-0.1, -0.05) is 357 Å². The summed E-state index contributed by atoms with van der Waals surface area (Å²) >= 11 is 0. The van der Waals surface area contributed by atoms with Crippen LogP contribution in [0, 0.1) is 17.8 Å². The number of hydrogen-bond acceptors (Lipinski definition) is 15. The molecule has 19 heteroatoms. The van der Waals surface area contributed by atoms with Crippen LogP contribution in [0.3, 0.4) is 0 Å². The van der Waals surface area contributed by atoms with Crippen molar-refractivity contribution in [2.24, 2.45) is 17.8 Å². The summed E-state index contributed by atoms with van der Waals surface area (Å²) in [6, 6.07) is 0. The second-order valence-electron chi connectivity index (χ2n) is 29.9. The van der Waals surface area contributed by atoms with Gasteiger partial charge in [-0.3, -0.25) is 37.3 Å². The van der Waals surface area contributed by atoms with Crippen LogP contribution in [0.15, 0.2) is 0 Å². The van der Waals surface area contributed by atoms with E-state index in [1.54, 1.807) is 0 Å². The minimum Gasteiger partial charge on any atom is -0.462 e. The van der Waals surface area contributed by atoms with Crippen LogP contribution in [0.5, 0.6) is 0 Å². The zero-order chi connectivity index (χ0) is 72.3. The molecule has 0 bridgehead atoms. The summed E-state index contributed by atoms with van der Waals surface area (Å²) in [5.41, 5.74) is 0.